The number of ether oxygens (including phenoxy) is 2. The van der Waals surface area contributed by atoms with Gasteiger partial charge in [-0.15, -0.1) is 22.7 Å². The number of aromatic nitrogens is 2. The van der Waals surface area contributed by atoms with Crippen molar-refractivity contribution >= 4 is 72.2 Å². The minimum Gasteiger partial charge on any atom is -0.494 e. The van der Waals surface area contributed by atoms with Crippen molar-refractivity contribution < 1.29 is 19.4 Å². The highest BCUT2D eigenvalue weighted by molar-refractivity contribution is 7.29. The number of aliphatic carboxylic acids is 1. The second-order valence-corrected chi connectivity index (χ2v) is 19.4. The number of benzene rings is 6. The van der Waals surface area contributed by atoms with Crippen LogP contribution in [0.3, 0.4) is 0 Å². The van der Waals surface area contributed by atoms with Crippen molar-refractivity contribution in [2.75, 3.05) is 18.1 Å². The average Bonchev–Trinajstić information content (AvgIpc) is 3.98. The van der Waals surface area contributed by atoms with Gasteiger partial charge in [0.15, 0.2) is 0 Å². The quantitative estimate of drug-likeness (QED) is 0.0431. The zero-order chi connectivity index (χ0) is 48.2. The number of carbonyl (C=O) groups is 1. The third kappa shape index (κ3) is 11.0. The SMILES string of the molecule is CCCCCCOc1ccc(N(c2ccc(OCCCCCC)cc2)c2ccc(-c3ccc(-c4cc5sc(/C=C(\C#N)C(=O)O)cc5s4)c4nc(-c5ccccc5)c(-c5ccccc5)nc34)cc2)cc1. The van der Waals surface area contributed by atoms with Crippen molar-refractivity contribution in [1.82, 2.24) is 9.97 Å². The predicted molar refractivity (Wildman–Crippen MR) is 290 cm³/mol. The molecule has 8 nitrogen and oxygen atoms in total. The van der Waals surface area contributed by atoms with E-state index in [-0.39, 0.29) is 5.57 Å². The molecule has 9 rings (SSSR count). The molecule has 0 saturated heterocycles. The average molecular weight is 959 g/mol. The van der Waals surface area contributed by atoms with Crippen molar-refractivity contribution in [3.8, 4) is 61.7 Å². The molecular formula is C60H54N4O4S2. The summed E-state index contributed by atoms with van der Waals surface area (Å²) in [5.74, 6) is 0.477. The fraction of sp³-hybridized carbons (Fsp3) is 0.200. The Hall–Kier alpha value is -7.58. The van der Waals surface area contributed by atoms with Gasteiger partial charge in [-0.25, -0.2) is 14.8 Å². The lowest BCUT2D eigenvalue weighted by atomic mass is 9.97. The van der Waals surface area contributed by atoms with Gasteiger partial charge in [-0.1, -0.05) is 137 Å². The highest BCUT2D eigenvalue weighted by Gasteiger charge is 2.21. The van der Waals surface area contributed by atoms with Gasteiger partial charge in [0.1, 0.15) is 23.1 Å². The number of fused-ring (bicyclic) bond motifs is 2. The van der Waals surface area contributed by atoms with Gasteiger partial charge in [0.2, 0.25) is 0 Å². The van der Waals surface area contributed by atoms with Crippen LogP contribution < -0.4 is 14.4 Å². The number of hydrogen-bond donors (Lipinski definition) is 1. The normalized spacial score (nSPS) is 11.5. The molecule has 0 radical (unpaired) electrons. The highest BCUT2D eigenvalue weighted by Crippen LogP contribution is 2.45. The molecule has 10 heteroatoms. The van der Waals surface area contributed by atoms with Crippen LogP contribution in [0.2, 0.25) is 0 Å². The van der Waals surface area contributed by atoms with E-state index in [0.29, 0.717) is 18.1 Å². The second-order valence-electron chi connectivity index (χ2n) is 17.2. The molecule has 9 aromatic rings. The van der Waals surface area contributed by atoms with Gasteiger partial charge in [0, 0.05) is 58.5 Å². The van der Waals surface area contributed by atoms with Crippen molar-refractivity contribution in [2.24, 2.45) is 0 Å². The molecule has 0 spiro atoms. The molecule has 0 aliphatic carbocycles. The highest BCUT2D eigenvalue weighted by atomic mass is 32.1. The first-order valence-electron chi connectivity index (χ1n) is 24.1. The van der Waals surface area contributed by atoms with Crippen LogP contribution in [-0.2, 0) is 4.79 Å². The Morgan fingerprint density at radius 3 is 1.56 bits per heavy atom. The first-order chi connectivity index (χ1) is 34.4. The van der Waals surface area contributed by atoms with Gasteiger partial charge in [-0.3, -0.25) is 0 Å². The van der Waals surface area contributed by atoms with Crippen molar-refractivity contribution in [3.05, 3.63) is 168 Å². The Balaban J connectivity index is 1.12. The molecule has 1 N–H and O–H groups in total. The summed E-state index contributed by atoms with van der Waals surface area (Å²) in [6, 6.07) is 55.9. The number of anilines is 3. The Labute approximate surface area is 417 Å². The topological polar surface area (TPSA) is 109 Å². The minimum absolute atomic E-state index is 0.297. The first kappa shape index (κ1) is 47.5. The maximum atomic E-state index is 11.6. The molecule has 3 aromatic heterocycles. The number of unbranched alkanes of at least 4 members (excludes halogenated alkanes) is 6. The van der Waals surface area contributed by atoms with Gasteiger partial charge >= 0.3 is 5.97 Å². The molecule has 0 amide bonds. The van der Waals surface area contributed by atoms with E-state index < -0.39 is 5.97 Å². The molecule has 0 fully saturated rings. The van der Waals surface area contributed by atoms with Gasteiger partial charge in [-0.2, -0.15) is 5.26 Å². The number of carboxylic acid groups (broad SMARTS) is 1. The molecule has 350 valence electrons. The maximum absolute atomic E-state index is 11.6. The summed E-state index contributed by atoms with van der Waals surface area (Å²) in [7, 11) is 0. The lowest BCUT2D eigenvalue weighted by Crippen LogP contribution is -2.10. The number of rotatable bonds is 21. The summed E-state index contributed by atoms with van der Waals surface area (Å²) < 4.78 is 14.3. The molecule has 70 heavy (non-hydrogen) atoms. The molecular weight excluding hydrogens is 905 g/mol. The van der Waals surface area contributed by atoms with E-state index in [9.17, 15) is 15.2 Å². The van der Waals surface area contributed by atoms with Gasteiger partial charge < -0.3 is 19.5 Å². The van der Waals surface area contributed by atoms with Crippen LogP contribution in [0.25, 0.3) is 70.6 Å². The first-order valence-corrected chi connectivity index (χ1v) is 25.7. The van der Waals surface area contributed by atoms with Crippen LogP contribution in [-0.4, -0.2) is 34.3 Å². The van der Waals surface area contributed by atoms with Crippen LogP contribution in [0, 0.1) is 11.3 Å². The van der Waals surface area contributed by atoms with Crippen LogP contribution in [0.5, 0.6) is 11.5 Å². The molecule has 0 aliphatic heterocycles. The molecule has 0 unspecified atom stereocenters. The third-order valence-electron chi connectivity index (χ3n) is 12.2. The number of carboxylic acids is 1. The summed E-state index contributed by atoms with van der Waals surface area (Å²) in [6.45, 7) is 5.85. The van der Waals surface area contributed by atoms with Gasteiger partial charge in [-0.05, 0) is 97.3 Å². The number of nitrogens with zero attached hydrogens (tertiary/aromatic N) is 4. The lowest BCUT2D eigenvalue weighted by molar-refractivity contribution is -0.132. The molecule has 6 aromatic carbocycles. The van der Waals surface area contributed by atoms with E-state index in [1.54, 1.807) is 17.4 Å². The smallest absolute Gasteiger partial charge is 0.346 e. The molecule has 0 saturated carbocycles. The van der Waals surface area contributed by atoms with E-state index in [1.807, 2.05) is 42.5 Å². The van der Waals surface area contributed by atoms with Crippen LogP contribution in [0.15, 0.2) is 163 Å². The summed E-state index contributed by atoms with van der Waals surface area (Å²) in [5.41, 5.74) is 10.7. The maximum Gasteiger partial charge on any atom is 0.346 e. The largest absolute Gasteiger partial charge is 0.494 e. The van der Waals surface area contributed by atoms with E-state index in [2.05, 4.69) is 134 Å². The van der Waals surface area contributed by atoms with Crippen molar-refractivity contribution in [1.29, 1.82) is 5.26 Å². The predicted octanol–water partition coefficient (Wildman–Crippen LogP) is 17.0. The monoisotopic (exact) mass is 958 g/mol. The fourth-order valence-corrected chi connectivity index (χ4v) is 10.9. The Morgan fingerprint density at radius 2 is 1.07 bits per heavy atom. The second kappa shape index (κ2) is 22.7. The van der Waals surface area contributed by atoms with Crippen LogP contribution in [0.1, 0.15) is 70.1 Å². The van der Waals surface area contributed by atoms with Crippen molar-refractivity contribution in [3.63, 3.8) is 0 Å². The van der Waals surface area contributed by atoms with Gasteiger partial charge in [0.05, 0.1) is 35.6 Å². The Kier molecular flexibility index (Phi) is 15.4. The molecule has 0 aliphatic rings. The van der Waals surface area contributed by atoms with Crippen molar-refractivity contribution in [2.45, 2.75) is 65.2 Å². The number of nitriles is 1. The van der Waals surface area contributed by atoms with Crippen LogP contribution in [0.4, 0.5) is 17.1 Å². The summed E-state index contributed by atoms with van der Waals surface area (Å²) in [6.07, 6.45) is 10.7. The van der Waals surface area contributed by atoms with Crippen LogP contribution >= 0.6 is 22.7 Å². The van der Waals surface area contributed by atoms with E-state index in [1.165, 1.54) is 55.9 Å². The number of thiophene rings is 2. The lowest BCUT2D eigenvalue weighted by Gasteiger charge is -2.26. The van der Waals surface area contributed by atoms with Gasteiger partial charge in [0.25, 0.3) is 0 Å². The van der Waals surface area contributed by atoms with E-state index in [4.69, 9.17) is 19.4 Å². The minimum atomic E-state index is -1.24. The molecule has 3 heterocycles. The Morgan fingerprint density at radius 1 is 0.586 bits per heavy atom. The standard InChI is InChI=1S/C60H54N4O4S2/c1-3-5-7-15-35-67-48-29-25-46(26-30-48)64(47-27-31-49(32-28-47)68-36-16-8-6-4-2)45-23-21-41(22-24-45)51-33-34-52(53-39-55-54(70-53)38-50(69-55)37-44(40-61)60(65)66)59-58(51)62-56(42-17-11-9-12-18-42)57(63-59)43-19-13-10-14-20-43/h9-14,17-34,37-39H,3-8,15-16,35-36H2,1-2H3,(H,65,66)/b44-37+. The van der Waals surface area contributed by atoms with E-state index >= 15 is 0 Å². The zero-order valence-electron chi connectivity index (χ0n) is 39.4. The number of hydrogen-bond acceptors (Lipinski definition) is 9. The fourth-order valence-electron chi connectivity index (χ4n) is 8.56. The molecule has 0 atom stereocenters. The third-order valence-corrected chi connectivity index (χ3v) is 14.5. The van der Waals surface area contributed by atoms with E-state index in [0.717, 1.165) is 106 Å². The Bertz CT molecular complexity index is 3180. The molecule has 0 bridgehead atoms. The summed E-state index contributed by atoms with van der Waals surface area (Å²) >= 11 is 3.07. The summed E-state index contributed by atoms with van der Waals surface area (Å²) in [5, 5.41) is 18.9. The zero-order valence-corrected chi connectivity index (χ0v) is 41.1. The summed E-state index contributed by atoms with van der Waals surface area (Å²) in [4.78, 5) is 26.7.